The molecule has 2 aliphatic rings. The van der Waals surface area contributed by atoms with E-state index in [4.69, 9.17) is 4.42 Å². The Bertz CT molecular complexity index is 1020. The number of aromatic nitrogens is 1. The van der Waals surface area contributed by atoms with Gasteiger partial charge in [-0.25, -0.2) is 4.79 Å². The van der Waals surface area contributed by atoms with Gasteiger partial charge in [0.2, 0.25) is 5.91 Å². The number of oxazole rings is 1. The fourth-order valence-electron chi connectivity index (χ4n) is 3.83. The van der Waals surface area contributed by atoms with Crippen LogP contribution in [0.2, 0.25) is 0 Å². The van der Waals surface area contributed by atoms with E-state index in [1.54, 1.807) is 25.2 Å². The number of rotatable bonds is 3. The zero-order valence-electron chi connectivity index (χ0n) is 14.6. The number of aliphatic hydroxyl groups is 1. The molecule has 1 saturated heterocycles. The topological polar surface area (TPSA) is 116 Å². The van der Waals surface area contributed by atoms with Crippen LogP contribution in [-0.4, -0.2) is 38.6 Å². The molecular weight excluding hydrogens is 351 g/mol. The molecule has 0 aliphatic carbocycles. The first-order valence-corrected chi connectivity index (χ1v) is 7.87. The molecule has 130 valence electrons. The van der Waals surface area contributed by atoms with E-state index >= 15 is 0 Å². The molecule has 2 aromatic rings. The molecule has 0 radical (unpaired) electrons. The summed E-state index contributed by atoms with van der Waals surface area (Å²) in [5.41, 5.74) is 1.79. The molecule has 3 atom stereocenters. The Morgan fingerprint density at radius 3 is 2.69 bits per heavy atom. The number of carbonyl (C=O) groups is 2. The molecule has 1 N–H and O–H groups in total. The third-order valence-electron chi connectivity index (χ3n) is 5.06. The first kappa shape index (κ1) is 18.9. The van der Waals surface area contributed by atoms with E-state index in [9.17, 15) is 24.6 Å². The summed E-state index contributed by atoms with van der Waals surface area (Å²) in [7, 11) is 1.56. The van der Waals surface area contributed by atoms with Crippen molar-refractivity contribution in [2.45, 2.75) is 25.5 Å². The molecule has 1 aromatic heterocycles. The van der Waals surface area contributed by atoms with Gasteiger partial charge in [0.15, 0.2) is 5.58 Å². The SMILES string of the molecule is C[C@@H](O)[C@H]1C(=O)N2C(C(=O)[O-])=C(c3ccc4oc(=O)n(C)c4c3)C[C@H]12.[Na+]. The second-order valence-electron chi connectivity index (χ2n) is 6.47. The number of aryl methyl sites for hydroxylation is 1. The molecule has 8 nitrogen and oxygen atoms in total. The number of carboxylic acid groups (broad SMARTS) is 1. The molecule has 4 rings (SSSR count). The maximum absolute atomic E-state index is 12.2. The number of carboxylic acids is 1. The van der Waals surface area contributed by atoms with Crippen molar-refractivity contribution in [1.82, 2.24) is 9.47 Å². The smallest absolute Gasteiger partial charge is 0.543 e. The summed E-state index contributed by atoms with van der Waals surface area (Å²) in [5, 5.41) is 21.4. The molecule has 1 aromatic carbocycles. The minimum atomic E-state index is -1.43. The van der Waals surface area contributed by atoms with E-state index in [1.807, 2.05) is 0 Å². The Kier molecular flexibility index (Phi) is 4.64. The number of fused-ring (bicyclic) bond motifs is 2. The Hall–Kier alpha value is -1.87. The van der Waals surface area contributed by atoms with Crippen molar-refractivity contribution >= 4 is 28.5 Å². The van der Waals surface area contributed by atoms with Gasteiger partial charge in [-0.3, -0.25) is 9.36 Å². The van der Waals surface area contributed by atoms with Gasteiger partial charge in [-0.15, -0.1) is 0 Å². The molecule has 0 spiro atoms. The number of nitrogens with zero attached hydrogens (tertiary/aromatic N) is 2. The summed E-state index contributed by atoms with van der Waals surface area (Å²) in [6, 6.07) is 4.51. The van der Waals surface area contributed by atoms with E-state index in [0.717, 1.165) is 0 Å². The van der Waals surface area contributed by atoms with E-state index in [0.29, 0.717) is 28.7 Å². The van der Waals surface area contributed by atoms with E-state index in [2.05, 4.69) is 0 Å². The molecule has 3 heterocycles. The fraction of sp³-hybridized carbons (Fsp3) is 0.353. The van der Waals surface area contributed by atoms with Crippen molar-refractivity contribution in [2.75, 3.05) is 0 Å². The third kappa shape index (κ3) is 2.48. The number of hydrogen-bond donors (Lipinski definition) is 1. The molecule has 9 heteroatoms. The van der Waals surface area contributed by atoms with Gasteiger partial charge in [-0.1, -0.05) is 6.07 Å². The number of β-lactam (4-membered cyclic amide) rings is 1. The summed E-state index contributed by atoms with van der Waals surface area (Å²) < 4.78 is 6.40. The third-order valence-corrected chi connectivity index (χ3v) is 5.06. The molecule has 26 heavy (non-hydrogen) atoms. The van der Waals surface area contributed by atoms with Crippen molar-refractivity contribution in [3.05, 3.63) is 40.0 Å². The van der Waals surface area contributed by atoms with Crippen LogP contribution < -0.4 is 40.4 Å². The van der Waals surface area contributed by atoms with Gasteiger partial charge in [0.05, 0.1) is 35.2 Å². The normalized spacial score (nSPS) is 22.9. The van der Waals surface area contributed by atoms with Crippen LogP contribution >= 0.6 is 0 Å². The number of carbonyl (C=O) groups excluding carboxylic acids is 2. The average Bonchev–Trinajstić information content (AvgIpc) is 3.02. The standard InChI is InChI=1S/C17H16N2O6.Na/c1-7(20)13-11-6-9(14(16(22)23)19(11)15(13)21)8-3-4-12-10(5-8)18(2)17(24)25-12;/h3-5,7,11,13,20H,6H2,1-2H3,(H,22,23);/q;+1/p-1/t7-,11-,13-;/m1./s1. The second-order valence-corrected chi connectivity index (χ2v) is 6.47. The van der Waals surface area contributed by atoms with Crippen molar-refractivity contribution in [3.8, 4) is 0 Å². The number of hydrogen-bond acceptors (Lipinski definition) is 6. The first-order chi connectivity index (χ1) is 11.8. The molecule has 0 unspecified atom stereocenters. The van der Waals surface area contributed by atoms with E-state index in [1.165, 1.54) is 16.4 Å². The van der Waals surface area contributed by atoms with E-state index in [-0.39, 0.29) is 41.3 Å². The quantitative estimate of drug-likeness (QED) is 0.440. The van der Waals surface area contributed by atoms with E-state index < -0.39 is 29.7 Å². The molecule has 0 bridgehead atoms. The Labute approximate surface area is 170 Å². The van der Waals surface area contributed by atoms with Gasteiger partial charge in [0, 0.05) is 7.05 Å². The Morgan fingerprint density at radius 1 is 1.38 bits per heavy atom. The zero-order chi connectivity index (χ0) is 18.0. The van der Waals surface area contributed by atoms with Crippen LogP contribution in [0.5, 0.6) is 0 Å². The predicted molar refractivity (Wildman–Crippen MR) is 83.8 cm³/mol. The monoisotopic (exact) mass is 366 g/mol. The first-order valence-electron chi connectivity index (χ1n) is 7.87. The second kappa shape index (κ2) is 6.38. The van der Waals surface area contributed by atoms with Gasteiger partial charge < -0.3 is 24.3 Å². The predicted octanol–water partition coefficient (Wildman–Crippen LogP) is -3.79. The van der Waals surface area contributed by atoms with Crippen LogP contribution in [0.1, 0.15) is 18.9 Å². The van der Waals surface area contributed by atoms with Crippen LogP contribution in [0, 0.1) is 5.92 Å². The zero-order valence-corrected chi connectivity index (χ0v) is 16.6. The maximum Gasteiger partial charge on any atom is 1.00 e. The molecule has 0 saturated carbocycles. The van der Waals surface area contributed by atoms with Crippen LogP contribution in [0.4, 0.5) is 0 Å². The van der Waals surface area contributed by atoms with Gasteiger partial charge in [-0.2, -0.15) is 0 Å². The van der Waals surface area contributed by atoms with Crippen molar-refractivity contribution in [3.63, 3.8) is 0 Å². The summed E-state index contributed by atoms with van der Waals surface area (Å²) in [4.78, 5) is 36.7. The average molecular weight is 366 g/mol. The van der Waals surface area contributed by atoms with Crippen LogP contribution in [0.15, 0.2) is 33.1 Å². The van der Waals surface area contributed by atoms with Gasteiger partial charge in [0.25, 0.3) is 0 Å². The number of aliphatic carboxylic acids is 1. The van der Waals surface area contributed by atoms with Gasteiger partial charge in [0.1, 0.15) is 0 Å². The number of amides is 1. The molecule has 1 fully saturated rings. The summed E-state index contributed by atoms with van der Waals surface area (Å²) >= 11 is 0. The minimum absolute atomic E-state index is 0. The van der Waals surface area contributed by atoms with Gasteiger partial charge in [-0.05, 0) is 36.6 Å². The van der Waals surface area contributed by atoms with Crippen molar-refractivity contribution in [1.29, 1.82) is 0 Å². The van der Waals surface area contributed by atoms with Crippen LogP contribution in [0.3, 0.4) is 0 Å². The number of benzene rings is 1. The largest absolute Gasteiger partial charge is 1.00 e. The maximum atomic E-state index is 12.2. The molecule has 1 amide bonds. The van der Waals surface area contributed by atoms with Gasteiger partial charge >= 0.3 is 35.3 Å². The Morgan fingerprint density at radius 2 is 2.08 bits per heavy atom. The van der Waals surface area contributed by atoms with Crippen LogP contribution in [-0.2, 0) is 16.6 Å². The van der Waals surface area contributed by atoms with Crippen LogP contribution in [0.25, 0.3) is 16.7 Å². The van der Waals surface area contributed by atoms with Crippen molar-refractivity contribution in [2.24, 2.45) is 13.0 Å². The summed E-state index contributed by atoms with van der Waals surface area (Å²) in [6.07, 6.45) is -0.546. The molecule has 2 aliphatic heterocycles. The molecular formula is C17H15N2NaO6. The summed E-state index contributed by atoms with van der Waals surface area (Å²) in [5.74, 6) is -2.98. The van der Waals surface area contributed by atoms with Crippen molar-refractivity contribution < 1.29 is 53.8 Å². The summed E-state index contributed by atoms with van der Waals surface area (Å²) in [6.45, 7) is 1.52. The fourth-order valence-corrected chi connectivity index (χ4v) is 3.83. The Balaban J connectivity index is 0.00000196. The minimum Gasteiger partial charge on any atom is -0.543 e. The number of aliphatic hydroxyl groups excluding tert-OH is 1.